The van der Waals surface area contributed by atoms with Crippen molar-refractivity contribution in [3.63, 3.8) is 0 Å². The van der Waals surface area contributed by atoms with Gasteiger partial charge in [0.1, 0.15) is 5.75 Å². The Morgan fingerprint density at radius 2 is 1.57 bits per heavy atom. The Morgan fingerprint density at radius 3 is 2.29 bits per heavy atom. The lowest BCUT2D eigenvalue weighted by Crippen LogP contribution is -2.07. The number of carbonyl (C=O) groups excluding carboxylic acids is 2. The summed E-state index contributed by atoms with van der Waals surface area (Å²) in [7, 11) is 0. The fourth-order valence-corrected chi connectivity index (χ4v) is 2.63. The first kappa shape index (κ1) is 19.1. The van der Waals surface area contributed by atoms with Gasteiger partial charge in [0.15, 0.2) is 0 Å². The van der Waals surface area contributed by atoms with Crippen LogP contribution in [0.5, 0.6) is 5.75 Å². The van der Waals surface area contributed by atoms with E-state index in [2.05, 4.69) is 0 Å². The molecule has 0 atom stereocenters. The first-order chi connectivity index (χ1) is 13.7. The molecule has 140 valence electrons. The van der Waals surface area contributed by atoms with Crippen LogP contribution in [0.3, 0.4) is 0 Å². The molecule has 0 fully saturated rings. The van der Waals surface area contributed by atoms with E-state index in [1.54, 1.807) is 31.2 Å². The average molecular weight is 372 g/mol. The van der Waals surface area contributed by atoms with Crippen molar-refractivity contribution in [3.05, 3.63) is 96.1 Å². The molecule has 3 rings (SSSR count). The summed E-state index contributed by atoms with van der Waals surface area (Å²) < 4.78 is 10.2. The van der Waals surface area contributed by atoms with E-state index in [4.69, 9.17) is 9.47 Å². The Hall–Kier alpha value is -3.66. The Balaban J connectivity index is 1.62. The summed E-state index contributed by atoms with van der Waals surface area (Å²) in [5.41, 5.74) is 3.47. The number of hydrogen-bond acceptors (Lipinski definition) is 4. The molecule has 0 aromatic heterocycles. The van der Waals surface area contributed by atoms with Crippen molar-refractivity contribution in [2.24, 2.45) is 0 Å². The second-order valence-electron chi connectivity index (χ2n) is 5.99. The fourth-order valence-electron chi connectivity index (χ4n) is 2.63. The largest absolute Gasteiger partial charge is 0.462 e. The second-order valence-corrected chi connectivity index (χ2v) is 5.99. The normalized spacial score (nSPS) is 10.6. The highest BCUT2D eigenvalue weighted by Gasteiger charge is 2.08. The lowest BCUT2D eigenvalue weighted by molar-refractivity contribution is -0.128. The molecule has 0 aliphatic rings. The molecule has 0 radical (unpaired) electrons. The Morgan fingerprint density at radius 1 is 0.857 bits per heavy atom. The van der Waals surface area contributed by atoms with E-state index in [9.17, 15) is 9.59 Å². The highest BCUT2D eigenvalue weighted by molar-refractivity contribution is 5.91. The summed E-state index contributed by atoms with van der Waals surface area (Å²) in [6, 6.07) is 24.3. The summed E-state index contributed by atoms with van der Waals surface area (Å²) in [5.74, 6) is -0.678. The van der Waals surface area contributed by atoms with Crippen molar-refractivity contribution in [3.8, 4) is 16.9 Å². The topological polar surface area (TPSA) is 52.6 Å². The third kappa shape index (κ3) is 5.17. The number of benzene rings is 3. The molecule has 0 unspecified atom stereocenters. The standard InChI is InChI=1S/C24H20O4/c1-2-27-24(26)21-9-6-10-22(17-21)28-23(25)16-13-18-11-14-20(15-12-18)19-7-4-3-5-8-19/h3-17H,2H2,1H3/b16-13+. The van der Waals surface area contributed by atoms with Crippen molar-refractivity contribution in [2.75, 3.05) is 6.61 Å². The minimum atomic E-state index is -0.520. The quantitative estimate of drug-likeness (QED) is 0.341. The van der Waals surface area contributed by atoms with Gasteiger partial charge in [-0.1, -0.05) is 60.7 Å². The van der Waals surface area contributed by atoms with Gasteiger partial charge in [-0.3, -0.25) is 0 Å². The third-order valence-electron chi connectivity index (χ3n) is 3.99. The molecule has 3 aromatic carbocycles. The molecular weight excluding hydrogens is 352 g/mol. The maximum Gasteiger partial charge on any atom is 0.338 e. The molecule has 0 aliphatic carbocycles. The van der Waals surface area contributed by atoms with Crippen molar-refractivity contribution >= 4 is 18.0 Å². The van der Waals surface area contributed by atoms with Crippen LogP contribution < -0.4 is 4.74 Å². The molecule has 0 N–H and O–H groups in total. The summed E-state index contributed by atoms with van der Waals surface area (Å²) >= 11 is 0. The maximum absolute atomic E-state index is 12.1. The van der Waals surface area contributed by atoms with Gasteiger partial charge < -0.3 is 9.47 Å². The number of esters is 2. The Labute approximate surface area is 164 Å². The van der Waals surface area contributed by atoms with E-state index in [0.29, 0.717) is 11.3 Å². The number of ether oxygens (including phenoxy) is 2. The van der Waals surface area contributed by atoms with Crippen LogP contribution in [0.2, 0.25) is 0 Å². The van der Waals surface area contributed by atoms with Crippen LogP contribution in [-0.2, 0) is 9.53 Å². The van der Waals surface area contributed by atoms with Crippen molar-refractivity contribution in [2.45, 2.75) is 6.92 Å². The molecule has 0 aliphatic heterocycles. The summed E-state index contributed by atoms with van der Waals surface area (Å²) in [6.07, 6.45) is 3.04. The first-order valence-corrected chi connectivity index (χ1v) is 8.98. The molecule has 3 aromatic rings. The van der Waals surface area contributed by atoms with Gasteiger partial charge in [-0.25, -0.2) is 9.59 Å². The first-order valence-electron chi connectivity index (χ1n) is 8.98. The zero-order chi connectivity index (χ0) is 19.8. The lowest BCUT2D eigenvalue weighted by Gasteiger charge is -2.05. The van der Waals surface area contributed by atoms with Gasteiger partial charge in [0, 0.05) is 6.08 Å². The second kappa shape index (κ2) is 9.33. The molecule has 28 heavy (non-hydrogen) atoms. The van der Waals surface area contributed by atoms with Crippen molar-refractivity contribution < 1.29 is 19.1 Å². The van der Waals surface area contributed by atoms with E-state index in [0.717, 1.165) is 16.7 Å². The molecule has 4 heteroatoms. The highest BCUT2D eigenvalue weighted by Crippen LogP contribution is 2.20. The average Bonchev–Trinajstić information content (AvgIpc) is 2.74. The van der Waals surface area contributed by atoms with Crippen molar-refractivity contribution in [1.82, 2.24) is 0 Å². The monoisotopic (exact) mass is 372 g/mol. The van der Waals surface area contributed by atoms with Crippen LogP contribution in [0.4, 0.5) is 0 Å². The predicted octanol–water partition coefficient (Wildman–Crippen LogP) is 5.15. The van der Waals surface area contributed by atoms with E-state index in [-0.39, 0.29) is 6.61 Å². The zero-order valence-electron chi connectivity index (χ0n) is 15.5. The maximum atomic E-state index is 12.1. The molecule has 0 heterocycles. The van der Waals surface area contributed by atoms with Gasteiger partial charge in [-0.15, -0.1) is 0 Å². The highest BCUT2D eigenvalue weighted by atomic mass is 16.5. The van der Waals surface area contributed by atoms with Crippen LogP contribution in [0.25, 0.3) is 17.2 Å². The summed E-state index contributed by atoms with van der Waals surface area (Å²) in [6.45, 7) is 2.02. The molecular formula is C24H20O4. The van der Waals surface area contributed by atoms with Gasteiger partial charge in [0.05, 0.1) is 12.2 Å². The summed E-state index contributed by atoms with van der Waals surface area (Å²) in [4.78, 5) is 23.8. The molecule has 0 amide bonds. The minimum Gasteiger partial charge on any atom is -0.462 e. The van der Waals surface area contributed by atoms with Gasteiger partial charge >= 0.3 is 11.9 Å². The third-order valence-corrected chi connectivity index (χ3v) is 3.99. The van der Waals surface area contributed by atoms with E-state index >= 15 is 0 Å². The molecule has 4 nitrogen and oxygen atoms in total. The predicted molar refractivity (Wildman–Crippen MR) is 109 cm³/mol. The van der Waals surface area contributed by atoms with Gasteiger partial charge in [0.25, 0.3) is 0 Å². The van der Waals surface area contributed by atoms with Gasteiger partial charge in [0.2, 0.25) is 0 Å². The number of carbonyl (C=O) groups is 2. The van der Waals surface area contributed by atoms with Crippen LogP contribution in [-0.4, -0.2) is 18.5 Å². The van der Waals surface area contributed by atoms with Crippen LogP contribution in [0.15, 0.2) is 84.9 Å². The fraction of sp³-hybridized carbons (Fsp3) is 0.0833. The smallest absolute Gasteiger partial charge is 0.338 e. The van der Waals surface area contributed by atoms with E-state index in [1.165, 1.54) is 12.1 Å². The molecule has 0 bridgehead atoms. The van der Waals surface area contributed by atoms with Gasteiger partial charge in [-0.05, 0) is 47.9 Å². The van der Waals surface area contributed by atoms with Crippen LogP contribution in [0, 0.1) is 0 Å². The Bertz CT molecular complexity index is 973. The van der Waals surface area contributed by atoms with E-state index in [1.807, 2.05) is 54.6 Å². The van der Waals surface area contributed by atoms with Gasteiger partial charge in [-0.2, -0.15) is 0 Å². The van der Waals surface area contributed by atoms with Crippen molar-refractivity contribution in [1.29, 1.82) is 0 Å². The minimum absolute atomic E-state index is 0.286. The Kier molecular flexibility index (Phi) is 6.37. The zero-order valence-corrected chi connectivity index (χ0v) is 15.5. The van der Waals surface area contributed by atoms with E-state index < -0.39 is 11.9 Å². The van der Waals surface area contributed by atoms with Crippen LogP contribution in [0.1, 0.15) is 22.8 Å². The van der Waals surface area contributed by atoms with Crippen LogP contribution >= 0.6 is 0 Å². The lowest BCUT2D eigenvalue weighted by atomic mass is 10.0. The molecule has 0 saturated heterocycles. The molecule has 0 saturated carbocycles. The summed E-state index contributed by atoms with van der Waals surface area (Å²) in [5, 5.41) is 0. The SMILES string of the molecule is CCOC(=O)c1cccc(OC(=O)/C=C/c2ccc(-c3ccccc3)cc2)c1. The molecule has 0 spiro atoms. The number of rotatable bonds is 6. The number of hydrogen-bond donors (Lipinski definition) is 0.